The van der Waals surface area contributed by atoms with E-state index >= 15 is 0 Å². The topological polar surface area (TPSA) is 75.7 Å². The number of sulfonamides is 1. The standard InChI is InChI=1S/C14H28N2O4S/c1-3-4-5-9-16(21(2,18)19)10-8-15-14(17)13-6-11-20-12-7-13/h13H,3-12H2,1-2H3,(H,15,17). The highest BCUT2D eigenvalue weighted by Crippen LogP contribution is 2.14. The SMILES string of the molecule is CCCCCN(CCNC(=O)C1CCOCC1)S(C)(=O)=O. The van der Waals surface area contributed by atoms with Crippen molar-refractivity contribution in [1.29, 1.82) is 0 Å². The number of nitrogens with one attached hydrogen (secondary N) is 1. The van der Waals surface area contributed by atoms with E-state index in [1.165, 1.54) is 10.6 Å². The minimum Gasteiger partial charge on any atom is -0.381 e. The maximum atomic E-state index is 12.0. The van der Waals surface area contributed by atoms with Gasteiger partial charge in [-0.1, -0.05) is 19.8 Å². The van der Waals surface area contributed by atoms with Crippen molar-refractivity contribution in [3.63, 3.8) is 0 Å². The molecule has 1 rings (SSSR count). The van der Waals surface area contributed by atoms with Gasteiger partial charge >= 0.3 is 0 Å². The van der Waals surface area contributed by atoms with Crippen molar-refractivity contribution in [2.45, 2.75) is 39.0 Å². The van der Waals surface area contributed by atoms with Crippen LogP contribution in [0.5, 0.6) is 0 Å². The lowest BCUT2D eigenvalue weighted by Crippen LogP contribution is -2.41. The largest absolute Gasteiger partial charge is 0.381 e. The van der Waals surface area contributed by atoms with Crippen molar-refractivity contribution >= 4 is 15.9 Å². The molecule has 0 aliphatic carbocycles. The van der Waals surface area contributed by atoms with Gasteiger partial charge in [0, 0.05) is 38.8 Å². The van der Waals surface area contributed by atoms with Crippen LogP contribution in [0.1, 0.15) is 39.0 Å². The Morgan fingerprint density at radius 2 is 1.90 bits per heavy atom. The molecule has 7 heteroatoms. The number of rotatable bonds is 9. The summed E-state index contributed by atoms with van der Waals surface area (Å²) in [4.78, 5) is 12.0. The van der Waals surface area contributed by atoms with Gasteiger partial charge in [-0.3, -0.25) is 4.79 Å². The van der Waals surface area contributed by atoms with Crippen LogP contribution in [0.15, 0.2) is 0 Å². The summed E-state index contributed by atoms with van der Waals surface area (Å²) in [5.74, 6) is 0.0193. The zero-order valence-electron chi connectivity index (χ0n) is 13.1. The summed E-state index contributed by atoms with van der Waals surface area (Å²) in [6.45, 7) is 4.58. The molecule has 21 heavy (non-hydrogen) atoms. The van der Waals surface area contributed by atoms with Gasteiger partial charge in [0.25, 0.3) is 0 Å². The number of ether oxygens (including phenoxy) is 1. The molecule has 1 heterocycles. The van der Waals surface area contributed by atoms with Gasteiger partial charge in [-0.15, -0.1) is 0 Å². The smallest absolute Gasteiger partial charge is 0.223 e. The average molecular weight is 320 g/mol. The summed E-state index contributed by atoms with van der Waals surface area (Å²) < 4.78 is 30.1. The number of unbranched alkanes of at least 4 members (excludes halogenated alkanes) is 2. The second-order valence-electron chi connectivity index (χ2n) is 5.55. The van der Waals surface area contributed by atoms with E-state index in [0.29, 0.717) is 32.8 Å². The lowest BCUT2D eigenvalue weighted by Gasteiger charge is -2.23. The van der Waals surface area contributed by atoms with E-state index in [4.69, 9.17) is 4.74 Å². The Labute approximate surface area is 128 Å². The van der Waals surface area contributed by atoms with E-state index in [9.17, 15) is 13.2 Å². The molecule has 1 fully saturated rings. The van der Waals surface area contributed by atoms with Crippen LogP contribution in [0.3, 0.4) is 0 Å². The molecule has 1 aliphatic rings. The van der Waals surface area contributed by atoms with Crippen LogP contribution in [-0.2, 0) is 19.6 Å². The lowest BCUT2D eigenvalue weighted by atomic mass is 9.99. The Kier molecular flexibility index (Phi) is 8.21. The van der Waals surface area contributed by atoms with Gasteiger partial charge in [-0.2, -0.15) is 0 Å². The van der Waals surface area contributed by atoms with Crippen LogP contribution in [0, 0.1) is 5.92 Å². The van der Waals surface area contributed by atoms with Crippen molar-refractivity contribution in [2.75, 3.05) is 39.1 Å². The monoisotopic (exact) mass is 320 g/mol. The third-order valence-corrected chi connectivity index (χ3v) is 5.04. The molecule has 0 unspecified atom stereocenters. The average Bonchev–Trinajstić information content (AvgIpc) is 2.45. The summed E-state index contributed by atoms with van der Waals surface area (Å²) in [6.07, 6.45) is 5.64. The first-order chi connectivity index (χ1) is 9.95. The molecule has 6 nitrogen and oxygen atoms in total. The fourth-order valence-corrected chi connectivity index (χ4v) is 3.27. The Hall–Kier alpha value is -0.660. The summed E-state index contributed by atoms with van der Waals surface area (Å²) in [5.41, 5.74) is 0. The summed E-state index contributed by atoms with van der Waals surface area (Å²) >= 11 is 0. The lowest BCUT2D eigenvalue weighted by molar-refractivity contribution is -0.127. The molecule has 0 radical (unpaired) electrons. The third kappa shape index (κ3) is 7.24. The molecule has 0 bridgehead atoms. The predicted octanol–water partition coefficient (Wildman–Crippen LogP) is 0.981. The number of carbonyl (C=O) groups is 1. The molecule has 1 N–H and O–H groups in total. The van der Waals surface area contributed by atoms with E-state index in [2.05, 4.69) is 12.2 Å². The summed E-state index contributed by atoms with van der Waals surface area (Å²) in [6, 6.07) is 0. The maximum Gasteiger partial charge on any atom is 0.223 e. The summed E-state index contributed by atoms with van der Waals surface area (Å²) in [7, 11) is -3.21. The fraction of sp³-hybridized carbons (Fsp3) is 0.929. The van der Waals surface area contributed by atoms with Gasteiger partial charge in [0.05, 0.1) is 6.26 Å². The molecule has 124 valence electrons. The molecule has 0 aromatic heterocycles. The molecule has 0 aromatic carbocycles. The number of amides is 1. The van der Waals surface area contributed by atoms with Crippen molar-refractivity contribution in [1.82, 2.24) is 9.62 Å². The molecule has 1 aliphatic heterocycles. The molecule has 0 aromatic rings. The molecule has 0 atom stereocenters. The molecule has 1 saturated heterocycles. The molecule has 1 amide bonds. The first-order valence-corrected chi connectivity index (χ1v) is 9.60. The first kappa shape index (κ1) is 18.4. The molecule has 0 spiro atoms. The Morgan fingerprint density at radius 1 is 1.24 bits per heavy atom. The van der Waals surface area contributed by atoms with Crippen LogP contribution in [-0.4, -0.2) is 57.7 Å². The van der Waals surface area contributed by atoms with E-state index in [1.54, 1.807) is 0 Å². The minimum absolute atomic E-state index is 0.00512. The van der Waals surface area contributed by atoms with Crippen LogP contribution in [0.2, 0.25) is 0 Å². The first-order valence-electron chi connectivity index (χ1n) is 7.75. The van der Waals surface area contributed by atoms with Crippen LogP contribution < -0.4 is 5.32 Å². The molecular weight excluding hydrogens is 292 g/mol. The summed E-state index contributed by atoms with van der Waals surface area (Å²) in [5, 5.41) is 2.84. The van der Waals surface area contributed by atoms with Crippen LogP contribution in [0.25, 0.3) is 0 Å². The van der Waals surface area contributed by atoms with Gasteiger partial charge in [-0.25, -0.2) is 12.7 Å². The minimum atomic E-state index is -3.21. The maximum absolute atomic E-state index is 12.0. The molecular formula is C14H28N2O4S. The number of carbonyl (C=O) groups excluding carboxylic acids is 1. The highest BCUT2D eigenvalue weighted by Gasteiger charge is 2.22. The Balaban J connectivity index is 2.33. The van der Waals surface area contributed by atoms with Crippen LogP contribution in [0.4, 0.5) is 0 Å². The number of nitrogens with zero attached hydrogens (tertiary/aromatic N) is 1. The Bertz CT molecular complexity index is 405. The fourth-order valence-electron chi connectivity index (χ4n) is 2.39. The zero-order valence-corrected chi connectivity index (χ0v) is 14.0. The van der Waals surface area contributed by atoms with E-state index in [-0.39, 0.29) is 11.8 Å². The van der Waals surface area contributed by atoms with Crippen molar-refractivity contribution in [3.8, 4) is 0 Å². The number of hydrogen-bond donors (Lipinski definition) is 1. The molecule has 0 saturated carbocycles. The predicted molar refractivity (Wildman–Crippen MR) is 82.5 cm³/mol. The van der Waals surface area contributed by atoms with Crippen molar-refractivity contribution in [3.05, 3.63) is 0 Å². The van der Waals surface area contributed by atoms with Crippen molar-refractivity contribution < 1.29 is 17.9 Å². The highest BCUT2D eigenvalue weighted by molar-refractivity contribution is 7.88. The van der Waals surface area contributed by atoms with Crippen LogP contribution >= 0.6 is 0 Å². The Morgan fingerprint density at radius 3 is 2.48 bits per heavy atom. The van der Waals surface area contributed by atoms with Gasteiger partial charge in [0.2, 0.25) is 15.9 Å². The van der Waals surface area contributed by atoms with E-state index in [1.807, 2.05) is 0 Å². The van der Waals surface area contributed by atoms with E-state index in [0.717, 1.165) is 32.1 Å². The highest BCUT2D eigenvalue weighted by atomic mass is 32.2. The van der Waals surface area contributed by atoms with Gasteiger partial charge < -0.3 is 10.1 Å². The second-order valence-corrected chi connectivity index (χ2v) is 7.53. The zero-order chi connectivity index (χ0) is 15.7. The normalized spacial score (nSPS) is 17.1. The second kappa shape index (κ2) is 9.38. The van der Waals surface area contributed by atoms with Gasteiger partial charge in [-0.05, 0) is 19.3 Å². The number of hydrogen-bond acceptors (Lipinski definition) is 4. The van der Waals surface area contributed by atoms with Crippen molar-refractivity contribution in [2.24, 2.45) is 5.92 Å². The quantitative estimate of drug-likeness (QED) is 0.643. The van der Waals surface area contributed by atoms with E-state index < -0.39 is 10.0 Å². The van der Waals surface area contributed by atoms with Gasteiger partial charge in [0.15, 0.2) is 0 Å². The third-order valence-electron chi connectivity index (χ3n) is 3.73. The van der Waals surface area contributed by atoms with Gasteiger partial charge in [0.1, 0.15) is 0 Å².